The van der Waals surface area contributed by atoms with Gasteiger partial charge < -0.3 is 0 Å². The van der Waals surface area contributed by atoms with Crippen LogP contribution in [0.25, 0.3) is 0 Å². The van der Waals surface area contributed by atoms with Crippen LogP contribution >= 0.6 is 0 Å². The fourth-order valence-electron chi connectivity index (χ4n) is 1.54. The third-order valence-corrected chi connectivity index (χ3v) is 2.43. The highest BCUT2D eigenvalue weighted by Crippen LogP contribution is 2.27. The number of rotatable bonds is 2. The van der Waals surface area contributed by atoms with Crippen LogP contribution in [0.2, 0.25) is 0 Å². The largest absolute Gasteiger partial charge is 0.435 e. The van der Waals surface area contributed by atoms with Crippen molar-refractivity contribution in [3.63, 3.8) is 0 Å². The van der Waals surface area contributed by atoms with Crippen LogP contribution in [-0.4, -0.2) is 9.78 Å². The Morgan fingerprint density at radius 2 is 2.00 bits per heavy atom. The minimum absolute atomic E-state index is 0.0328. The molecule has 0 radical (unpaired) electrons. The Balaban J connectivity index is 2.22. The van der Waals surface area contributed by atoms with Crippen molar-refractivity contribution >= 4 is 0 Å². The highest BCUT2D eigenvalue weighted by molar-refractivity contribution is 5.34. The van der Waals surface area contributed by atoms with Crippen molar-refractivity contribution in [2.24, 2.45) is 0 Å². The van der Waals surface area contributed by atoms with Crippen molar-refractivity contribution < 1.29 is 17.6 Å². The summed E-state index contributed by atoms with van der Waals surface area (Å²) in [6.07, 6.45) is -3.32. The summed E-state index contributed by atoms with van der Waals surface area (Å²) in [6.45, 7) is 0.0328. The molecule has 1 heterocycles. The van der Waals surface area contributed by atoms with Gasteiger partial charge in [-0.15, -0.1) is 0 Å². The molecule has 19 heavy (non-hydrogen) atoms. The zero-order valence-electron chi connectivity index (χ0n) is 9.45. The standard InChI is InChI=1S/C12H7F4N3/c13-10-2-1-8(5-9(10)6-17)7-19-4-3-11(18-19)12(14,15)16/h1-5H,7H2. The summed E-state index contributed by atoms with van der Waals surface area (Å²) in [5, 5.41) is 12.0. The lowest BCUT2D eigenvalue weighted by molar-refractivity contribution is -0.141. The molecule has 1 aromatic carbocycles. The van der Waals surface area contributed by atoms with Gasteiger partial charge in [-0.3, -0.25) is 4.68 Å². The van der Waals surface area contributed by atoms with Gasteiger partial charge in [0.1, 0.15) is 11.9 Å². The van der Waals surface area contributed by atoms with Crippen LogP contribution in [0.4, 0.5) is 17.6 Å². The number of nitriles is 1. The highest BCUT2D eigenvalue weighted by atomic mass is 19.4. The summed E-state index contributed by atoms with van der Waals surface area (Å²) in [7, 11) is 0. The van der Waals surface area contributed by atoms with E-state index in [9.17, 15) is 17.6 Å². The van der Waals surface area contributed by atoms with E-state index in [1.807, 2.05) is 0 Å². The first-order valence-corrected chi connectivity index (χ1v) is 5.19. The van der Waals surface area contributed by atoms with Gasteiger partial charge in [-0.05, 0) is 23.8 Å². The normalized spacial score (nSPS) is 11.3. The van der Waals surface area contributed by atoms with Crippen molar-refractivity contribution in [3.8, 4) is 6.07 Å². The van der Waals surface area contributed by atoms with E-state index < -0.39 is 17.7 Å². The van der Waals surface area contributed by atoms with Gasteiger partial charge in [-0.1, -0.05) is 6.07 Å². The minimum atomic E-state index is -4.49. The van der Waals surface area contributed by atoms with E-state index in [0.717, 1.165) is 16.8 Å². The summed E-state index contributed by atoms with van der Waals surface area (Å²) < 4.78 is 51.2. The Hall–Kier alpha value is -2.36. The van der Waals surface area contributed by atoms with Gasteiger partial charge in [0.15, 0.2) is 5.69 Å². The number of alkyl halides is 3. The van der Waals surface area contributed by atoms with Gasteiger partial charge in [0, 0.05) is 6.20 Å². The van der Waals surface area contributed by atoms with Crippen molar-refractivity contribution in [2.45, 2.75) is 12.7 Å². The molecule has 0 aliphatic heterocycles. The fourth-order valence-corrected chi connectivity index (χ4v) is 1.54. The molecule has 98 valence electrons. The predicted molar refractivity (Wildman–Crippen MR) is 57.4 cm³/mol. The highest BCUT2D eigenvalue weighted by Gasteiger charge is 2.33. The second-order valence-electron chi connectivity index (χ2n) is 3.82. The fraction of sp³-hybridized carbons (Fsp3) is 0.167. The van der Waals surface area contributed by atoms with E-state index in [1.54, 1.807) is 6.07 Å². The number of hydrogen-bond donors (Lipinski definition) is 0. The number of halogens is 4. The first-order chi connectivity index (χ1) is 8.90. The van der Waals surface area contributed by atoms with Gasteiger partial charge in [0.25, 0.3) is 0 Å². The van der Waals surface area contributed by atoms with Crippen LogP contribution < -0.4 is 0 Å². The first-order valence-electron chi connectivity index (χ1n) is 5.19. The predicted octanol–water partition coefficient (Wildman–Crippen LogP) is 2.96. The number of benzene rings is 1. The maximum atomic E-state index is 13.1. The molecule has 0 saturated carbocycles. The van der Waals surface area contributed by atoms with Crippen LogP contribution in [-0.2, 0) is 12.7 Å². The van der Waals surface area contributed by atoms with Crippen LogP contribution in [0, 0.1) is 17.1 Å². The second kappa shape index (κ2) is 4.72. The van der Waals surface area contributed by atoms with E-state index >= 15 is 0 Å². The molecule has 0 aliphatic carbocycles. The van der Waals surface area contributed by atoms with Gasteiger partial charge in [-0.2, -0.15) is 23.5 Å². The average Bonchev–Trinajstić information content (AvgIpc) is 2.80. The van der Waals surface area contributed by atoms with Gasteiger partial charge in [0.05, 0.1) is 12.1 Å². The smallest absolute Gasteiger partial charge is 0.268 e. The number of hydrogen-bond acceptors (Lipinski definition) is 2. The molecule has 0 amide bonds. The molecule has 2 aromatic rings. The average molecular weight is 269 g/mol. The lowest BCUT2D eigenvalue weighted by atomic mass is 10.1. The monoisotopic (exact) mass is 269 g/mol. The van der Waals surface area contributed by atoms with Crippen LogP contribution in [0.5, 0.6) is 0 Å². The van der Waals surface area contributed by atoms with Crippen LogP contribution in [0.1, 0.15) is 16.8 Å². The quantitative estimate of drug-likeness (QED) is 0.786. The maximum absolute atomic E-state index is 13.1. The van der Waals surface area contributed by atoms with E-state index in [4.69, 9.17) is 5.26 Å². The third-order valence-electron chi connectivity index (χ3n) is 2.43. The molecule has 1 aromatic heterocycles. The van der Waals surface area contributed by atoms with Gasteiger partial charge >= 0.3 is 6.18 Å². The molecule has 2 rings (SSSR count). The molecule has 0 saturated heterocycles. The third kappa shape index (κ3) is 2.91. The van der Waals surface area contributed by atoms with Crippen LogP contribution in [0.15, 0.2) is 30.5 Å². The van der Waals surface area contributed by atoms with E-state index in [0.29, 0.717) is 5.56 Å². The summed E-state index contributed by atoms with van der Waals surface area (Å²) in [5.41, 5.74) is -0.648. The molecule has 0 N–H and O–H groups in total. The molecule has 0 bridgehead atoms. The molecular weight excluding hydrogens is 262 g/mol. The van der Waals surface area contributed by atoms with Crippen molar-refractivity contribution in [1.82, 2.24) is 9.78 Å². The van der Waals surface area contributed by atoms with Crippen molar-refractivity contribution in [1.29, 1.82) is 5.26 Å². The summed E-state index contributed by atoms with van der Waals surface area (Å²) >= 11 is 0. The van der Waals surface area contributed by atoms with E-state index in [2.05, 4.69) is 5.10 Å². The Morgan fingerprint density at radius 3 is 2.58 bits per heavy atom. The molecule has 0 fully saturated rings. The number of aromatic nitrogens is 2. The zero-order chi connectivity index (χ0) is 14.0. The molecule has 0 atom stereocenters. The lowest BCUT2D eigenvalue weighted by Gasteiger charge is -2.04. The lowest BCUT2D eigenvalue weighted by Crippen LogP contribution is -2.08. The van der Waals surface area contributed by atoms with Crippen molar-refractivity contribution in [2.75, 3.05) is 0 Å². The minimum Gasteiger partial charge on any atom is -0.268 e. The Kier molecular flexibility index (Phi) is 3.25. The molecule has 0 unspecified atom stereocenters. The molecule has 7 heteroatoms. The van der Waals surface area contributed by atoms with Crippen molar-refractivity contribution in [3.05, 3.63) is 53.1 Å². The summed E-state index contributed by atoms with van der Waals surface area (Å²) in [6, 6.07) is 6.30. The Labute approximate surface area is 105 Å². The molecule has 0 aliphatic rings. The van der Waals surface area contributed by atoms with Crippen LogP contribution in [0.3, 0.4) is 0 Å². The van der Waals surface area contributed by atoms with E-state index in [-0.39, 0.29) is 12.1 Å². The van der Waals surface area contributed by atoms with E-state index in [1.165, 1.54) is 18.3 Å². The maximum Gasteiger partial charge on any atom is 0.435 e. The zero-order valence-corrected chi connectivity index (χ0v) is 9.45. The Morgan fingerprint density at radius 1 is 1.26 bits per heavy atom. The summed E-state index contributed by atoms with van der Waals surface area (Å²) in [5.74, 6) is -0.664. The first kappa shape index (κ1) is 13.1. The van der Waals surface area contributed by atoms with Gasteiger partial charge in [-0.25, -0.2) is 4.39 Å². The molecule has 0 spiro atoms. The Bertz CT molecular complexity index is 637. The van der Waals surface area contributed by atoms with Gasteiger partial charge in [0.2, 0.25) is 0 Å². The molecular formula is C12H7F4N3. The molecule has 3 nitrogen and oxygen atoms in total. The topological polar surface area (TPSA) is 41.6 Å². The second-order valence-corrected chi connectivity index (χ2v) is 3.82. The summed E-state index contributed by atoms with van der Waals surface area (Å²) in [4.78, 5) is 0. The SMILES string of the molecule is N#Cc1cc(Cn2ccc(C(F)(F)F)n2)ccc1F. The number of nitrogens with zero attached hydrogens (tertiary/aromatic N) is 3.